The predicted octanol–water partition coefficient (Wildman–Crippen LogP) is 4.98. The van der Waals surface area contributed by atoms with Gasteiger partial charge in [-0.15, -0.1) is 0 Å². The highest BCUT2D eigenvalue weighted by Gasteiger charge is 2.01. The first-order valence-electron chi connectivity index (χ1n) is 15.6. The summed E-state index contributed by atoms with van der Waals surface area (Å²) < 4.78 is 63.3. The Kier molecular flexibility index (Phi) is 23.6. The topological polar surface area (TPSA) is 132 Å². The van der Waals surface area contributed by atoms with Gasteiger partial charge in [-0.1, -0.05) is 89.9 Å². The van der Waals surface area contributed by atoms with Gasteiger partial charge in [-0.2, -0.15) is 0 Å². The van der Waals surface area contributed by atoms with Crippen LogP contribution >= 0.6 is 0 Å². The van der Waals surface area contributed by atoms with E-state index in [4.69, 9.17) is 25.9 Å². The monoisotopic (exact) mass is 634 g/mol. The van der Waals surface area contributed by atoms with Crippen LogP contribution in [0.15, 0.2) is 37.4 Å². The Morgan fingerprint density at radius 2 is 0.667 bits per heavy atom. The molecule has 12 heteroatoms. The van der Waals surface area contributed by atoms with Crippen LogP contribution in [0.2, 0.25) is 0 Å². The van der Waals surface area contributed by atoms with E-state index in [2.05, 4.69) is 69.8 Å². The second-order valence-electron chi connectivity index (χ2n) is 11.4. The molecule has 0 bridgehead atoms. The molecule has 0 saturated heterocycles. The van der Waals surface area contributed by atoms with E-state index in [0.29, 0.717) is 12.5 Å². The summed E-state index contributed by atoms with van der Waals surface area (Å²) in [5.74, 6) is 0. The third kappa shape index (κ3) is 34.4. The molecule has 2 rings (SSSR count). The molecule has 42 heavy (non-hydrogen) atoms. The highest BCUT2D eigenvalue weighted by atomic mass is 32.2. The molecular weight excluding hydrogens is 576 g/mol. The van der Waals surface area contributed by atoms with Crippen molar-refractivity contribution in [2.24, 2.45) is 14.1 Å². The zero-order valence-electron chi connectivity index (χ0n) is 26.7. The van der Waals surface area contributed by atoms with Gasteiger partial charge in [0.1, 0.15) is 24.8 Å². The van der Waals surface area contributed by atoms with Gasteiger partial charge < -0.3 is 9.11 Å². The van der Waals surface area contributed by atoms with Gasteiger partial charge in [-0.3, -0.25) is 0 Å². The van der Waals surface area contributed by atoms with E-state index in [1.165, 1.54) is 129 Å². The number of imidazole rings is 2. The van der Waals surface area contributed by atoms with Crippen molar-refractivity contribution in [3.8, 4) is 0 Å². The van der Waals surface area contributed by atoms with Crippen LogP contribution in [0.4, 0.5) is 0 Å². The van der Waals surface area contributed by atoms with E-state index in [9.17, 15) is 0 Å². The van der Waals surface area contributed by atoms with Crippen LogP contribution in [-0.4, -0.2) is 47.6 Å². The minimum Gasteiger partial charge on any atom is -0.748 e. The maximum Gasteiger partial charge on any atom is 0.243 e. The van der Waals surface area contributed by atoms with Crippen molar-refractivity contribution < 1.29 is 35.1 Å². The lowest BCUT2D eigenvalue weighted by Crippen LogP contribution is -2.23. The largest absolute Gasteiger partial charge is 0.748 e. The molecule has 10 nitrogen and oxygen atoms in total. The average molecular weight is 635 g/mol. The molecule has 0 amide bonds. The lowest BCUT2D eigenvalue weighted by atomic mass is 10.0. The fraction of sp³-hybridized carbons (Fsp3) is 0.800. The lowest BCUT2D eigenvalue weighted by Gasteiger charge is -2.04. The van der Waals surface area contributed by atoms with Crippen LogP contribution in [0, 0.1) is 0 Å². The van der Waals surface area contributed by atoms with Gasteiger partial charge in [0.25, 0.3) is 0 Å². The molecule has 0 atom stereocenters. The quantitative estimate of drug-likeness (QED) is 0.108. The van der Waals surface area contributed by atoms with Crippen molar-refractivity contribution in [3.63, 3.8) is 0 Å². The van der Waals surface area contributed by atoms with Crippen LogP contribution in [0.25, 0.3) is 0 Å². The Morgan fingerprint density at radius 1 is 0.476 bits per heavy atom. The zero-order chi connectivity index (χ0) is 31.7. The molecule has 0 N–H and O–H groups in total. The third-order valence-corrected chi connectivity index (χ3v) is 6.73. The van der Waals surface area contributed by atoms with E-state index >= 15 is 0 Å². The van der Waals surface area contributed by atoms with Gasteiger partial charge in [0.2, 0.25) is 12.7 Å². The zero-order valence-corrected chi connectivity index (χ0v) is 28.3. The highest BCUT2D eigenvalue weighted by molar-refractivity contribution is 7.85. The van der Waals surface area contributed by atoms with Gasteiger partial charge in [0.15, 0.2) is 0 Å². The minimum atomic E-state index is -3.92. The summed E-state index contributed by atoms with van der Waals surface area (Å²) in [6.45, 7) is 2.35. The number of hydrogen-bond donors (Lipinski definition) is 0. The number of aromatic nitrogens is 4. The maximum atomic E-state index is 9.08. The number of hydrogen-bond acceptors (Lipinski definition) is 6. The third-order valence-electron chi connectivity index (χ3n) is 6.73. The molecule has 0 unspecified atom stereocenters. The second-order valence-corrected chi connectivity index (χ2v) is 14.2. The first-order valence-corrected chi connectivity index (χ1v) is 19.2. The van der Waals surface area contributed by atoms with Crippen molar-refractivity contribution in [2.45, 2.75) is 129 Å². The van der Waals surface area contributed by atoms with E-state index in [1.807, 2.05) is 0 Å². The van der Waals surface area contributed by atoms with Gasteiger partial charge in [0, 0.05) is 12.5 Å². The Labute approximate surface area is 256 Å². The molecular formula is C30H58N4O6S2. The van der Waals surface area contributed by atoms with Crippen molar-refractivity contribution in [1.82, 2.24) is 9.13 Å². The average Bonchev–Trinajstić information content (AvgIpc) is 3.48. The van der Waals surface area contributed by atoms with Crippen LogP contribution in [0.3, 0.4) is 0 Å². The summed E-state index contributed by atoms with van der Waals surface area (Å²) in [6, 6.07) is 0. The Bertz CT molecular complexity index is 1010. The summed E-state index contributed by atoms with van der Waals surface area (Å²) in [5.41, 5.74) is 0. The second kappa shape index (κ2) is 24.7. The van der Waals surface area contributed by atoms with Gasteiger partial charge in [0.05, 0.1) is 47.4 Å². The molecule has 2 heterocycles. The standard InChI is InChI=1S/C28H52N4.2CH4O3S/c1-29-23-25-31(27-29)21-19-17-15-13-11-9-7-5-3-4-6-8-10-12-14-16-18-20-22-32-26-24-30(2)28-32;2*1-5(2,3)4/h23-28H,3-22H2,1-2H3;2*1H3,(H,2,3,4)/q+2;;/p-2. The Morgan fingerprint density at radius 3 is 0.833 bits per heavy atom. The molecule has 0 fully saturated rings. The molecule has 0 spiro atoms. The molecule has 0 aliphatic heterocycles. The smallest absolute Gasteiger partial charge is 0.243 e. The molecule has 0 aliphatic rings. The molecule has 246 valence electrons. The van der Waals surface area contributed by atoms with Crippen molar-refractivity contribution >= 4 is 20.2 Å². The highest BCUT2D eigenvalue weighted by Crippen LogP contribution is 2.14. The fourth-order valence-electron chi connectivity index (χ4n) is 4.69. The number of aryl methyl sites for hydroxylation is 4. The van der Waals surface area contributed by atoms with Crippen molar-refractivity contribution in [2.75, 3.05) is 12.5 Å². The minimum absolute atomic E-state index is 0.604. The molecule has 0 aliphatic carbocycles. The Balaban J connectivity index is 0.00000144. The first kappa shape index (κ1) is 40.2. The summed E-state index contributed by atoms with van der Waals surface area (Å²) in [7, 11) is -3.65. The van der Waals surface area contributed by atoms with E-state index in [1.54, 1.807) is 0 Å². The van der Waals surface area contributed by atoms with Crippen molar-refractivity contribution in [1.29, 1.82) is 0 Å². The van der Waals surface area contributed by atoms with Gasteiger partial charge >= 0.3 is 0 Å². The number of nitrogens with zero attached hydrogens (tertiary/aromatic N) is 4. The molecule has 0 radical (unpaired) electrons. The van der Waals surface area contributed by atoms with E-state index in [-0.39, 0.29) is 0 Å². The fourth-order valence-corrected chi connectivity index (χ4v) is 4.69. The molecule has 2 aromatic rings. The van der Waals surface area contributed by atoms with Crippen molar-refractivity contribution in [3.05, 3.63) is 37.4 Å². The summed E-state index contributed by atoms with van der Waals surface area (Å²) in [6.07, 6.45) is 39.8. The maximum absolute atomic E-state index is 9.08. The van der Waals surface area contributed by atoms with Crippen LogP contribution < -0.4 is 9.13 Å². The normalized spacial score (nSPS) is 11.5. The van der Waals surface area contributed by atoms with Crippen LogP contribution in [-0.2, 0) is 47.4 Å². The summed E-state index contributed by atoms with van der Waals surface area (Å²) in [5, 5.41) is 0. The number of rotatable bonds is 21. The Hall–Kier alpha value is -1.76. The van der Waals surface area contributed by atoms with Gasteiger partial charge in [-0.05, 0) is 25.7 Å². The SMILES string of the molecule is CS(=O)(=O)[O-].CS(=O)(=O)[O-].C[n+]1ccn(CCCCCCCCCCCCCCCCCCCCn2cc[n+](C)c2)c1. The summed E-state index contributed by atoms with van der Waals surface area (Å²) >= 11 is 0. The predicted molar refractivity (Wildman–Crippen MR) is 166 cm³/mol. The van der Waals surface area contributed by atoms with Crippen LogP contribution in [0.5, 0.6) is 0 Å². The molecule has 0 aromatic carbocycles. The molecule has 2 aromatic heterocycles. The summed E-state index contributed by atoms with van der Waals surface area (Å²) in [4.78, 5) is 0. The number of unbranched alkanes of at least 4 members (excludes halogenated alkanes) is 17. The van der Waals surface area contributed by atoms with E-state index in [0.717, 1.165) is 0 Å². The lowest BCUT2D eigenvalue weighted by molar-refractivity contribution is -0.671. The first-order chi connectivity index (χ1) is 19.7. The van der Waals surface area contributed by atoms with Gasteiger partial charge in [-0.25, -0.2) is 35.1 Å². The molecule has 0 saturated carbocycles. The van der Waals surface area contributed by atoms with Crippen LogP contribution in [0.1, 0.15) is 116 Å². The van der Waals surface area contributed by atoms with E-state index < -0.39 is 20.2 Å².